The van der Waals surface area contributed by atoms with E-state index in [9.17, 15) is 10.2 Å². The summed E-state index contributed by atoms with van der Waals surface area (Å²) in [4.78, 5) is 0. The molecule has 0 aliphatic carbocycles. The number of phenols is 2. The topological polar surface area (TPSA) is 83.0 Å². The van der Waals surface area contributed by atoms with Crippen LogP contribution in [-0.4, -0.2) is 28.8 Å². The SMILES string of the molecule is C[N+](C)(Cc1ccccc1)C(c1ccc2c(c1O)Nc1ccccc1O2)c1ccc2c(c1O)Nc1ccccc1O2.[Cl-]. The Morgan fingerprint density at radius 3 is 1.55 bits per heavy atom. The van der Waals surface area contributed by atoms with E-state index in [1.807, 2.05) is 91.0 Å². The number of ether oxygens (including phenoxy) is 2. The van der Waals surface area contributed by atoms with Crippen molar-refractivity contribution in [1.29, 1.82) is 0 Å². The average molecular weight is 580 g/mol. The van der Waals surface area contributed by atoms with E-state index in [4.69, 9.17) is 9.47 Å². The molecule has 0 amide bonds. The number of anilines is 4. The van der Waals surface area contributed by atoms with Crippen molar-refractivity contribution in [3.8, 4) is 34.5 Å². The molecule has 2 heterocycles. The number of phenolic OH excluding ortho intramolecular Hbond substituents is 2. The van der Waals surface area contributed by atoms with Crippen LogP contribution in [0.4, 0.5) is 22.7 Å². The molecule has 7 nitrogen and oxygen atoms in total. The van der Waals surface area contributed by atoms with Crippen LogP contribution in [0.15, 0.2) is 103 Å². The third-order valence-electron chi connectivity index (χ3n) is 7.80. The first-order valence-corrected chi connectivity index (χ1v) is 13.6. The summed E-state index contributed by atoms with van der Waals surface area (Å²) in [5.41, 5.74) is 5.01. The average Bonchev–Trinajstić information content (AvgIpc) is 2.98. The second-order valence-electron chi connectivity index (χ2n) is 11.0. The van der Waals surface area contributed by atoms with Crippen molar-refractivity contribution in [1.82, 2.24) is 0 Å². The number of para-hydroxylation sites is 4. The molecule has 2 aliphatic heterocycles. The number of fused-ring (bicyclic) bond motifs is 4. The molecule has 8 heteroatoms. The second-order valence-corrected chi connectivity index (χ2v) is 11.0. The minimum atomic E-state index is -0.455. The molecule has 0 radical (unpaired) electrons. The fourth-order valence-electron chi connectivity index (χ4n) is 5.92. The van der Waals surface area contributed by atoms with Gasteiger partial charge in [-0.25, -0.2) is 0 Å². The summed E-state index contributed by atoms with van der Waals surface area (Å²) in [6.45, 7) is 0.651. The molecule has 0 saturated carbocycles. The number of nitrogens with one attached hydrogen (secondary N) is 2. The minimum Gasteiger partial charge on any atom is -1.00 e. The molecule has 4 N–H and O–H groups in total. The van der Waals surface area contributed by atoms with Gasteiger partial charge >= 0.3 is 0 Å². The van der Waals surface area contributed by atoms with Gasteiger partial charge in [0.25, 0.3) is 0 Å². The standard InChI is InChI=1S/C34H29N3O4.ClH/c1-37(2,20-21-10-4-3-5-11-21)32(22-16-18-28-30(33(22)38)35-24-12-6-8-14-26(24)40-28)23-17-19-29-31(34(23)39)36-25-13-7-9-15-27(25)41-29;/h3-19,32,35-36H,20H2,1-2H3,(H-,38,39);1H. The molecule has 0 atom stereocenters. The molecule has 0 bridgehead atoms. The largest absolute Gasteiger partial charge is 1.00 e. The monoisotopic (exact) mass is 579 g/mol. The summed E-state index contributed by atoms with van der Waals surface area (Å²) in [5.74, 6) is 2.63. The molecular formula is C34H30ClN3O4. The van der Waals surface area contributed by atoms with Crippen molar-refractivity contribution in [3.05, 3.63) is 120 Å². The maximum atomic E-state index is 11.8. The highest BCUT2D eigenvalue weighted by Crippen LogP contribution is 2.54. The van der Waals surface area contributed by atoms with Gasteiger partial charge in [-0.3, -0.25) is 0 Å². The molecule has 0 fully saturated rings. The zero-order chi connectivity index (χ0) is 28.1. The smallest absolute Gasteiger partial charge is 0.154 e. The Balaban J connectivity index is 0.00000316. The summed E-state index contributed by atoms with van der Waals surface area (Å²) < 4.78 is 12.6. The Kier molecular flexibility index (Phi) is 6.85. The van der Waals surface area contributed by atoms with Gasteiger partial charge < -0.3 is 47.2 Å². The summed E-state index contributed by atoms with van der Waals surface area (Å²) in [7, 11) is 4.21. The van der Waals surface area contributed by atoms with Crippen molar-refractivity contribution in [2.75, 3.05) is 24.7 Å². The van der Waals surface area contributed by atoms with Gasteiger partial charge in [0.05, 0.1) is 36.6 Å². The van der Waals surface area contributed by atoms with Crippen LogP contribution in [0.2, 0.25) is 0 Å². The van der Waals surface area contributed by atoms with E-state index >= 15 is 0 Å². The van der Waals surface area contributed by atoms with Gasteiger partial charge in [-0.15, -0.1) is 0 Å². The van der Waals surface area contributed by atoms with E-state index in [1.165, 1.54) is 0 Å². The molecule has 42 heavy (non-hydrogen) atoms. The van der Waals surface area contributed by atoms with Crippen LogP contribution in [0.1, 0.15) is 22.7 Å². The van der Waals surface area contributed by atoms with Crippen molar-refractivity contribution < 1.29 is 36.6 Å². The van der Waals surface area contributed by atoms with Crippen molar-refractivity contribution in [3.63, 3.8) is 0 Å². The van der Waals surface area contributed by atoms with E-state index in [1.54, 1.807) is 0 Å². The highest BCUT2D eigenvalue weighted by Gasteiger charge is 2.39. The molecule has 5 aromatic rings. The van der Waals surface area contributed by atoms with Gasteiger partial charge in [-0.2, -0.15) is 0 Å². The van der Waals surface area contributed by atoms with Gasteiger partial charge in [-0.05, 0) is 48.5 Å². The Morgan fingerprint density at radius 1 is 0.595 bits per heavy atom. The number of rotatable bonds is 5. The molecule has 0 unspecified atom stereocenters. The number of hydrogen-bond acceptors (Lipinski definition) is 6. The van der Waals surface area contributed by atoms with Crippen LogP contribution < -0.4 is 32.5 Å². The second kappa shape index (κ2) is 10.5. The Bertz CT molecular complexity index is 1690. The molecular weight excluding hydrogens is 550 g/mol. The lowest BCUT2D eigenvalue weighted by molar-refractivity contribution is -0.928. The minimum absolute atomic E-state index is 0. The first-order valence-electron chi connectivity index (χ1n) is 13.6. The quantitative estimate of drug-likeness (QED) is 0.166. The number of aromatic hydroxyl groups is 2. The molecule has 212 valence electrons. The number of hydrogen-bond donors (Lipinski definition) is 4. The maximum absolute atomic E-state index is 11.8. The predicted octanol–water partition coefficient (Wildman–Crippen LogP) is 5.17. The lowest BCUT2D eigenvalue weighted by Crippen LogP contribution is -3.00. The Hall–Kier alpha value is -4.85. The first-order chi connectivity index (χ1) is 19.9. The van der Waals surface area contributed by atoms with E-state index in [2.05, 4.69) is 36.9 Å². The van der Waals surface area contributed by atoms with Crippen LogP contribution in [0, 0.1) is 0 Å². The number of benzene rings is 5. The molecule has 7 rings (SSSR count). The summed E-state index contributed by atoms with van der Waals surface area (Å²) >= 11 is 0. The van der Waals surface area contributed by atoms with Gasteiger partial charge in [-0.1, -0.05) is 54.6 Å². The maximum Gasteiger partial charge on any atom is 0.154 e. The van der Waals surface area contributed by atoms with E-state index in [0.29, 0.717) is 56.5 Å². The van der Waals surface area contributed by atoms with Crippen LogP contribution in [-0.2, 0) is 6.54 Å². The fourth-order valence-corrected chi connectivity index (χ4v) is 5.92. The third kappa shape index (κ3) is 4.62. The lowest BCUT2D eigenvalue weighted by atomic mass is 9.91. The highest BCUT2D eigenvalue weighted by molar-refractivity contribution is 5.83. The van der Waals surface area contributed by atoms with Crippen LogP contribution in [0.25, 0.3) is 0 Å². The fraction of sp³-hybridized carbons (Fsp3) is 0.118. The zero-order valence-electron chi connectivity index (χ0n) is 23.1. The molecule has 5 aromatic carbocycles. The number of halogens is 1. The molecule has 0 saturated heterocycles. The van der Waals surface area contributed by atoms with E-state index < -0.39 is 6.04 Å². The predicted molar refractivity (Wildman–Crippen MR) is 160 cm³/mol. The normalized spacial score (nSPS) is 12.6. The molecule has 0 aromatic heterocycles. The Morgan fingerprint density at radius 2 is 1.05 bits per heavy atom. The van der Waals surface area contributed by atoms with Crippen molar-refractivity contribution in [2.24, 2.45) is 0 Å². The van der Waals surface area contributed by atoms with Crippen LogP contribution in [0.5, 0.6) is 34.5 Å². The highest BCUT2D eigenvalue weighted by atomic mass is 35.5. The third-order valence-corrected chi connectivity index (χ3v) is 7.80. The Labute approximate surface area is 250 Å². The number of quaternary nitrogens is 1. The van der Waals surface area contributed by atoms with Crippen molar-refractivity contribution in [2.45, 2.75) is 12.6 Å². The van der Waals surface area contributed by atoms with Crippen LogP contribution in [0.3, 0.4) is 0 Å². The first kappa shape index (κ1) is 27.3. The van der Waals surface area contributed by atoms with E-state index in [-0.39, 0.29) is 23.9 Å². The van der Waals surface area contributed by atoms with Gasteiger partial charge in [0.1, 0.15) is 24.0 Å². The van der Waals surface area contributed by atoms with Gasteiger partial charge in [0.15, 0.2) is 34.5 Å². The number of nitrogens with zero attached hydrogens (tertiary/aromatic N) is 1. The lowest BCUT2D eigenvalue weighted by Gasteiger charge is -2.40. The summed E-state index contributed by atoms with van der Waals surface area (Å²) in [6.07, 6.45) is 0. The summed E-state index contributed by atoms with van der Waals surface area (Å²) in [5, 5.41) is 30.3. The summed E-state index contributed by atoms with van der Waals surface area (Å²) in [6, 6.07) is 32.5. The van der Waals surface area contributed by atoms with E-state index in [0.717, 1.165) is 16.9 Å². The van der Waals surface area contributed by atoms with Crippen molar-refractivity contribution >= 4 is 22.7 Å². The van der Waals surface area contributed by atoms with Gasteiger partial charge in [0, 0.05) is 5.56 Å². The van der Waals surface area contributed by atoms with Crippen LogP contribution >= 0.6 is 0 Å². The zero-order valence-corrected chi connectivity index (χ0v) is 23.9. The van der Waals surface area contributed by atoms with Gasteiger partial charge in [0.2, 0.25) is 0 Å². The molecule has 0 spiro atoms. The molecule has 2 aliphatic rings.